The van der Waals surface area contributed by atoms with E-state index in [0.717, 1.165) is 5.56 Å². The third-order valence-electron chi connectivity index (χ3n) is 3.59. The molecule has 0 spiro atoms. The molecule has 0 atom stereocenters. The number of rotatable bonds is 3. The summed E-state index contributed by atoms with van der Waals surface area (Å²) in [6.07, 6.45) is 1.59. The summed E-state index contributed by atoms with van der Waals surface area (Å²) in [5.41, 5.74) is 0.943. The highest BCUT2D eigenvalue weighted by Gasteiger charge is 2.18. The van der Waals surface area contributed by atoms with Crippen LogP contribution < -0.4 is 10.7 Å². The molecular formula is C17H15ClN4O2. The SMILES string of the molecule is CCn1nc(C(=O)Nc2cc(C)ccn2)c(=O)c2cc(Cl)ccc21. The molecule has 1 aromatic carbocycles. The predicted molar refractivity (Wildman–Crippen MR) is 93.6 cm³/mol. The number of pyridine rings is 1. The van der Waals surface area contributed by atoms with Crippen molar-refractivity contribution in [2.24, 2.45) is 0 Å². The lowest BCUT2D eigenvalue weighted by Gasteiger charge is -2.10. The Labute approximate surface area is 143 Å². The Hall–Kier alpha value is -2.73. The van der Waals surface area contributed by atoms with Gasteiger partial charge in [-0.25, -0.2) is 4.98 Å². The predicted octanol–water partition coefficient (Wildman–Crippen LogP) is 3.03. The van der Waals surface area contributed by atoms with Crippen molar-refractivity contribution in [2.45, 2.75) is 20.4 Å². The maximum absolute atomic E-state index is 12.6. The van der Waals surface area contributed by atoms with Crippen molar-refractivity contribution in [3.8, 4) is 0 Å². The van der Waals surface area contributed by atoms with Crippen LogP contribution in [-0.2, 0) is 6.54 Å². The fraction of sp³-hybridized carbons (Fsp3) is 0.176. The summed E-state index contributed by atoms with van der Waals surface area (Å²) in [7, 11) is 0. The number of carbonyl (C=O) groups excluding carboxylic acids is 1. The first kappa shape index (κ1) is 16.1. The average molecular weight is 343 g/mol. The molecule has 2 aromatic heterocycles. The molecule has 3 rings (SSSR count). The molecule has 0 saturated carbocycles. The average Bonchev–Trinajstić information content (AvgIpc) is 2.55. The zero-order chi connectivity index (χ0) is 17.3. The van der Waals surface area contributed by atoms with Crippen LogP contribution in [0.2, 0.25) is 5.02 Å². The van der Waals surface area contributed by atoms with Crippen molar-refractivity contribution in [2.75, 3.05) is 5.32 Å². The number of hydrogen-bond acceptors (Lipinski definition) is 4. The van der Waals surface area contributed by atoms with E-state index in [-0.39, 0.29) is 5.69 Å². The van der Waals surface area contributed by atoms with Crippen molar-refractivity contribution >= 4 is 34.2 Å². The molecule has 3 aromatic rings. The summed E-state index contributed by atoms with van der Waals surface area (Å²) in [4.78, 5) is 29.2. The Kier molecular flexibility index (Phi) is 4.31. The number of nitrogens with one attached hydrogen (secondary N) is 1. The minimum Gasteiger partial charge on any atom is -0.305 e. The van der Waals surface area contributed by atoms with Crippen LogP contribution >= 0.6 is 11.6 Å². The van der Waals surface area contributed by atoms with E-state index in [0.29, 0.717) is 28.3 Å². The van der Waals surface area contributed by atoms with Crippen LogP contribution in [0.5, 0.6) is 0 Å². The fourth-order valence-electron chi connectivity index (χ4n) is 2.43. The van der Waals surface area contributed by atoms with Gasteiger partial charge in [-0.3, -0.25) is 14.3 Å². The number of halogens is 1. The molecule has 0 bridgehead atoms. The van der Waals surface area contributed by atoms with E-state index in [2.05, 4.69) is 15.4 Å². The molecule has 1 amide bonds. The minimum atomic E-state index is -0.595. The van der Waals surface area contributed by atoms with Crippen LogP contribution in [0.3, 0.4) is 0 Å². The summed E-state index contributed by atoms with van der Waals surface area (Å²) >= 11 is 5.99. The molecule has 24 heavy (non-hydrogen) atoms. The van der Waals surface area contributed by atoms with Gasteiger partial charge >= 0.3 is 0 Å². The van der Waals surface area contributed by atoms with Crippen LogP contribution in [-0.4, -0.2) is 20.7 Å². The third kappa shape index (κ3) is 3.00. The van der Waals surface area contributed by atoms with Gasteiger partial charge in [0.1, 0.15) is 5.82 Å². The van der Waals surface area contributed by atoms with Crippen LogP contribution in [0.25, 0.3) is 10.9 Å². The van der Waals surface area contributed by atoms with E-state index in [9.17, 15) is 9.59 Å². The van der Waals surface area contributed by atoms with Gasteiger partial charge < -0.3 is 5.32 Å². The molecule has 0 saturated heterocycles. The van der Waals surface area contributed by atoms with Crippen LogP contribution in [0, 0.1) is 6.92 Å². The first-order chi connectivity index (χ1) is 11.5. The largest absolute Gasteiger partial charge is 0.305 e. The van der Waals surface area contributed by atoms with Crippen molar-refractivity contribution in [3.05, 3.63) is 63.0 Å². The Bertz CT molecular complexity index is 998. The van der Waals surface area contributed by atoms with E-state index in [1.807, 2.05) is 19.9 Å². The second-order valence-electron chi connectivity index (χ2n) is 5.33. The van der Waals surface area contributed by atoms with Gasteiger partial charge in [0.25, 0.3) is 5.91 Å². The molecule has 0 unspecified atom stereocenters. The Morgan fingerprint density at radius 2 is 2.08 bits per heavy atom. The summed E-state index contributed by atoms with van der Waals surface area (Å²) in [5.74, 6) is -0.224. The zero-order valence-electron chi connectivity index (χ0n) is 13.2. The molecule has 1 N–H and O–H groups in total. The summed E-state index contributed by atoms with van der Waals surface area (Å²) < 4.78 is 1.60. The quantitative estimate of drug-likeness (QED) is 0.793. The molecule has 0 aliphatic carbocycles. The van der Waals surface area contributed by atoms with E-state index in [4.69, 9.17) is 11.6 Å². The van der Waals surface area contributed by atoms with E-state index < -0.39 is 11.3 Å². The van der Waals surface area contributed by atoms with Crippen LogP contribution in [0.15, 0.2) is 41.3 Å². The second kappa shape index (κ2) is 6.41. The first-order valence-corrected chi connectivity index (χ1v) is 7.81. The van der Waals surface area contributed by atoms with Gasteiger partial charge in [0, 0.05) is 17.8 Å². The monoisotopic (exact) mass is 342 g/mol. The van der Waals surface area contributed by atoms with Crippen molar-refractivity contribution < 1.29 is 4.79 Å². The van der Waals surface area contributed by atoms with Gasteiger partial charge in [-0.15, -0.1) is 0 Å². The van der Waals surface area contributed by atoms with E-state index >= 15 is 0 Å². The number of anilines is 1. The second-order valence-corrected chi connectivity index (χ2v) is 5.76. The van der Waals surface area contributed by atoms with Gasteiger partial charge in [0.05, 0.1) is 10.9 Å². The molecular weight excluding hydrogens is 328 g/mol. The molecule has 0 aliphatic heterocycles. The van der Waals surface area contributed by atoms with Gasteiger partial charge in [-0.2, -0.15) is 5.10 Å². The zero-order valence-corrected chi connectivity index (χ0v) is 14.0. The topological polar surface area (TPSA) is 76.9 Å². The number of benzene rings is 1. The number of fused-ring (bicyclic) bond motifs is 1. The molecule has 122 valence electrons. The summed E-state index contributed by atoms with van der Waals surface area (Å²) in [6, 6.07) is 8.49. The summed E-state index contributed by atoms with van der Waals surface area (Å²) in [6.45, 7) is 4.29. The number of carbonyl (C=O) groups is 1. The highest BCUT2D eigenvalue weighted by atomic mass is 35.5. The molecule has 6 nitrogen and oxygen atoms in total. The van der Waals surface area contributed by atoms with Crippen molar-refractivity contribution in [1.29, 1.82) is 0 Å². The smallest absolute Gasteiger partial charge is 0.281 e. The maximum atomic E-state index is 12.6. The Balaban J connectivity index is 2.10. The molecule has 0 aliphatic rings. The number of hydrogen-bond donors (Lipinski definition) is 1. The van der Waals surface area contributed by atoms with E-state index in [1.165, 1.54) is 0 Å². The Morgan fingerprint density at radius 3 is 2.79 bits per heavy atom. The van der Waals surface area contributed by atoms with Gasteiger partial charge in [0.15, 0.2) is 5.69 Å². The maximum Gasteiger partial charge on any atom is 0.281 e. The standard InChI is InChI=1S/C17H15ClN4O2/c1-3-22-13-5-4-11(18)9-12(13)16(23)15(21-22)17(24)20-14-8-10(2)6-7-19-14/h4-9H,3H2,1-2H3,(H,19,20,24). The number of aromatic nitrogens is 3. The van der Waals surface area contributed by atoms with Gasteiger partial charge in [-0.05, 0) is 49.7 Å². The Morgan fingerprint density at radius 1 is 1.29 bits per heavy atom. The highest BCUT2D eigenvalue weighted by molar-refractivity contribution is 6.31. The number of nitrogens with zero attached hydrogens (tertiary/aromatic N) is 3. The molecule has 2 heterocycles. The van der Waals surface area contributed by atoms with Crippen molar-refractivity contribution in [1.82, 2.24) is 14.8 Å². The molecule has 0 fully saturated rings. The lowest BCUT2D eigenvalue weighted by molar-refractivity contribution is 0.101. The van der Waals surface area contributed by atoms with Crippen molar-refractivity contribution in [3.63, 3.8) is 0 Å². The fourth-order valence-corrected chi connectivity index (χ4v) is 2.60. The normalized spacial score (nSPS) is 10.8. The van der Waals surface area contributed by atoms with E-state index in [1.54, 1.807) is 35.1 Å². The third-order valence-corrected chi connectivity index (χ3v) is 3.82. The van der Waals surface area contributed by atoms with Gasteiger partial charge in [-0.1, -0.05) is 11.6 Å². The molecule has 0 radical (unpaired) electrons. The van der Waals surface area contributed by atoms with Gasteiger partial charge in [0.2, 0.25) is 5.43 Å². The molecule has 7 heteroatoms. The van der Waals surface area contributed by atoms with Crippen LogP contribution in [0.4, 0.5) is 5.82 Å². The first-order valence-electron chi connectivity index (χ1n) is 7.44. The lowest BCUT2D eigenvalue weighted by atomic mass is 10.2. The highest BCUT2D eigenvalue weighted by Crippen LogP contribution is 2.17. The minimum absolute atomic E-state index is 0.185. The number of aryl methyl sites for hydroxylation is 2. The summed E-state index contributed by atoms with van der Waals surface area (Å²) in [5, 5.41) is 7.59. The number of amides is 1. The lowest BCUT2D eigenvalue weighted by Crippen LogP contribution is -2.27. The van der Waals surface area contributed by atoms with Crippen LogP contribution in [0.1, 0.15) is 23.0 Å².